The lowest BCUT2D eigenvalue weighted by molar-refractivity contribution is 0.102. The summed E-state index contributed by atoms with van der Waals surface area (Å²) in [5.74, 6) is 0.346. The number of benzene rings is 2. The van der Waals surface area contributed by atoms with Gasteiger partial charge in [0, 0.05) is 11.9 Å². The number of hydrogen-bond donors (Lipinski definition) is 1. The monoisotopic (exact) mass is 307 g/mol. The number of ether oxygens (including phenoxy) is 1. The van der Waals surface area contributed by atoms with Gasteiger partial charge >= 0.3 is 0 Å². The van der Waals surface area contributed by atoms with Gasteiger partial charge in [-0.1, -0.05) is 12.1 Å². The summed E-state index contributed by atoms with van der Waals surface area (Å²) in [6, 6.07) is 16.6. The minimum atomic E-state index is -0.204. The van der Waals surface area contributed by atoms with Crippen LogP contribution in [0.3, 0.4) is 0 Å². The number of methoxy groups -OCH3 is 1. The Balaban J connectivity index is 1.77. The number of nitrogens with zero attached hydrogens (tertiary/aromatic N) is 2. The standard InChI is InChI=1S/C18H17N3O2/c1-13-11-12-21(20-13)15-9-7-14(8-10-15)19-18(22)16-5-3-4-6-17(16)23-2/h3-12H,1-2H3,(H,19,22). The lowest BCUT2D eigenvalue weighted by Crippen LogP contribution is -2.13. The molecule has 1 aromatic heterocycles. The number of nitrogens with one attached hydrogen (secondary N) is 1. The third-order valence-electron chi connectivity index (χ3n) is 3.46. The third kappa shape index (κ3) is 3.23. The highest BCUT2D eigenvalue weighted by molar-refractivity contribution is 6.06. The van der Waals surface area contributed by atoms with Crippen LogP contribution in [0.15, 0.2) is 60.8 Å². The predicted molar refractivity (Wildman–Crippen MR) is 89.2 cm³/mol. The number of para-hydroxylation sites is 1. The average Bonchev–Trinajstić information content (AvgIpc) is 3.02. The zero-order valence-electron chi connectivity index (χ0n) is 13.0. The summed E-state index contributed by atoms with van der Waals surface area (Å²) in [5.41, 5.74) is 3.11. The highest BCUT2D eigenvalue weighted by Gasteiger charge is 2.11. The maximum atomic E-state index is 12.3. The smallest absolute Gasteiger partial charge is 0.259 e. The van der Waals surface area contributed by atoms with Crippen LogP contribution in [0.4, 0.5) is 5.69 Å². The van der Waals surface area contributed by atoms with Gasteiger partial charge in [0.25, 0.3) is 5.91 Å². The van der Waals surface area contributed by atoms with Gasteiger partial charge in [0.1, 0.15) is 5.75 Å². The van der Waals surface area contributed by atoms with Crippen LogP contribution < -0.4 is 10.1 Å². The largest absolute Gasteiger partial charge is 0.496 e. The van der Waals surface area contributed by atoms with Crippen molar-refractivity contribution in [2.45, 2.75) is 6.92 Å². The number of carbonyl (C=O) groups excluding carboxylic acids is 1. The molecule has 5 nitrogen and oxygen atoms in total. The van der Waals surface area contributed by atoms with Crippen LogP contribution in [0.5, 0.6) is 5.75 Å². The lowest BCUT2D eigenvalue weighted by Gasteiger charge is -2.09. The summed E-state index contributed by atoms with van der Waals surface area (Å²) in [7, 11) is 1.55. The molecule has 0 aliphatic rings. The molecule has 0 bridgehead atoms. The Morgan fingerprint density at radius 3 is 2.48 bits per heavy atom. The van der Waals surface area contributed by atoms with Crippen LogP contribution in [0.25, 0.3) is 5.69 Å². The SMILES string of the molecule is COc1ccccc1C(=O)Nc1ccc(-n2ccc(C)n2)cc1. The van der Waals surface area contributed by atoms with Gasteiger partial charge in [-0.3, -0.25) is 4.79 Å². The number of rotatable bonds is 4. The molecule has 0 unspecified atom stereocenters. The zero-order chi connectivity index (χ0) is 16.2. The van der Waals surface area contributed by atoms with Crippen LogP contribution in [0.2, 0.25) is 0 Å². The molecule has 0 radical (unpaired) electrons. The van der Waals surface area contributed by atoms with Crippen molar-refractivity contribution in [1.29, 1.82) is 0 Å². The first-order valence-corrected chi connectivity index (χ1v) is 7.24. The minimum Gasteiger partial charge on any atom is -0.496 e. The van der Waals surface area contributed by atoms with Gasteiger partial charge in [0.05, 0.1) is 24.1 Å². The molecule has 1 amide bonds. The van der Waals surface area contributed by atoms with E-state index < -0.39 is 0 Å². The molecule has 5 heteroatoms. The zero-order valence-corrected chi connectivity index (χ0v) is 13.0. The van der Waals surface area contributed by atoms with E-state index in [1.54, 1.807) is 30.0 Å². The van der Waals surface area contributed by atoms with Crippen molar-refractivity contribution < 1.29 is 9.53 Å². The second kappa shape index (κ2) is 6.36. The van der Waals surface area contributed by atoms with E-state index in [1.165, 1.54) is 0 Å². The Bertz CT molecular complexity index is 822. The van der Waals surface area contributed by atoms with Gasteiger partial charge in [-0.25, -0.2) is 4.68 Å². The van der Waals surface area contributed by atoms with Crippen molar-refractivity contribution in [3.63, 3.8) is 0 Å². The van der Waals surface area contributed by atoms with Gasteiger partial charge in [-0.15, -0.1) is 0 Å². The van der Waals surface area contributed by atoms with Crippen molar-refractivity contribution in [1.82, 2.24) is 9.78 Å². The van der Waals surface area contributed by atoms with E-state index in [1.807, 2.05) is 49.5 Å². The van der Waals surface area contributed by atoms with Crippen molar-refractivity contribution in [2.75, 3.05) is 12.4 Å². The van der Waals surface area contributed by atoms with E-state index in [-0.39, 0.29) is 5.91 Å². The second-order valence-corrected chi connectivity index (χ2v) is 5.10. The molecule has 2 aromatic carbocycles. The van der Waals surface area contributed by atoms with Gasteiger partial charge in [0.15, 0.2) is 0 Å². The van der Waals surface area contributed by atoms with Crippen molar-refractivity contribution in [3.8, 4) is 11.4 Å². The molecule has 1 heterocycles. The Morgan fingerprint density at radius 2 is 1.83 bits per heavy atom. The molecule has 0 aliphatic carbocycles. The second-order valence-electron chi connectivity index (χ2n) is 5.10. The number of anilines is 1. The summed E-state index contributed by atoms with van der Waals surface area (Å²) < 4.78 is 7.00. The Labute approximate surface area is 134 Å². The Kier molecular flexibility index (Phi) is 4.10. The number of carbonyl (C=O) groups is 1. The van der Waals surface area contributed by atoms with E-state index >= 15 is 0 Å². The first kappa shape index (κ1) is 14.8. The summed E-state index contributed by atoms with van der Waals surface area (Å²) in [6.45, 7) is 1.94. The van der Waals surface area contributed by atoms with Crippen molar-refractivity contribution in [3.05, 3.63) is 72.1 Å². The Hall–Kier alpha value is -3.08. The molecule has 0 spiro atoms. The van der Waals surface area contributed by atoms with E-state index in [2.05, 4.69) is 10.4 Å². The van der Waals surface area contributed by atoms with Crippen LogP contribution in [-0.4, -0.2) is 22.8 Å². The molecule has 3 aromatic rings. The third-order valence-corrected chi connectivity index (χ3v) is 3.46. The average molecular weight is 307 g/mol. The fourth-order valence-corrected chi connectivity index (χ4v) is 2.29. The fraction of sp³-hybridized carbons (Fsp3) is 0.111. The summed E-state index contributed by atoms with van der Waals surface area (Å²) in [6.07, 6.45) is 1.90. The van der Waals surface area contributed by atoms with E-state index in [4.69, 9.17) is 4.74 Å². The lowest BCUT2D eigenvalue weighted by atomic mass is 10.2. The number of aromatic nitrogens is 2. The van der Waals surface area contributed by atoms with E-state index in [9.17, 15) is 4.79 Å². The van der Waals surface area contributed by atoms with Crippen molar-refractivity contribution in [2.24, 2.45) is 0 Å². The molecule has 0 atom stereocenters. The van der Waals surface area contributed by atoms with Crippen LogP contribution in [0, 0.1) is 6.92 Å². The van der Waals surface area contributed by atoms with E-state index in [0.717, 1.165) is 11.4 Å². The van der Waals surface area contributed by atoms with Gasteiger partial charge in [-0.05, 0) is 49.4 Å². The molecule has 23 heavy (non-hydrogen) atoms. The van der Waals surface area contributed by atoms with Crippen LogP contribution in [-0.2, 0) is 0 Å². The Morgan fingerprint density at radius 1 is 1.09 bits per heavy atom. The van der Waals surface area contributed by atoms with Gasteiger partial charge < -0.3 is 10.1 Å². The van der Waals surface area contributed by atoms with Crippen LogP contribution in [0.1, 0.15) is 16.1 Å². The molecular weight excluding hydrogens is 290 g/mol. The number of aryl methyl sites for hydroxylation is 1. The number of hydrogen-bond acceptors (Lipinski definition) is 3. The highest BCUT2D eigenvalue weighted by atomic mass is 16.5. The highest BCUT2D eigenvalue weighted by Crippen LogP contribution is 2.20. The quantitative estimate of drug-likeness (QED) is 0.803. The maximum Gasteiger partial charge on any atom is 0.259 e. The van der Waals surface area contributed by atoms with Crippen LogP contribution >= 0.6 is 0 Å². The topological polar surface area (TPSA) is 56.1 Å². The molecule has 0 saturated heterocycles. The molecule has 3 rings (SSSR count). The molecular formula is C18H17N3O2. The molecule has 0 aliphatic heterocycles. The summed E-state index contributed by atoms with van der Waals surface area (Å²) >= 11 is 0. The predicted octanol–water partition coefficient (Wildman–Crippen LogP) is 3.44. The van der Waals surface area contributed by atoms with Gasteiger partial charge in [0.2, 0.25) is 0 Å². The fourth-order valence-electron chi connectivity index (χ4n) is 2.29. The summed E-state index contributed by atoms with van der Waals surface area (Å²) in [4.78, 5) is 12.3. The van der Waals surface area contributed by atoms with E-state index in [0.29, 0.717) is 17.0 Å². The summed E-state index contributed by atoms with van der Waals surface area (Å²) in [5, 5.41) is 7.22. The van der Waals surface area contributed by atoms with Crippen molar-refractivity contribution >= 4 is 11.6 Å². The van der Waals surface area contributed by atoms with Gasteiger partial charge in [-0.2, -0.15) is 5.10 Å². The number of amides is 1. The normalized spacial score (nSPS) is 10.3. The first-order valence-electron chi connectivity index (χ1n) is 7.24. The molecule has 0 saturated carbocycles. The molecule has 116 valence electrons. The first-order chi connectivity index (χ1) is 11.2. The maximum absolute atomic E-state index is 12.3. The molecule has 1 N–H and O–H groups in total. The minimum absolute atomic E-state index is 0.204. The molecule has 0 fully saturated rings.